The maximum atomic E-state index is 7.83. The Morgan fingerprint density at radius 1 is 1.33 bits per heavy atom. The van der Waals surface area contributed by atoms with Gasteiger partial charge in [-0.15, -0.1) is 35.7 Å². The van der Waals surface area contributed by atoms with Crippen molar-refractivity contribution in [3.8, 4) is 0 Å². The van der Waals surface area contributed by atoms with Gasteiger partial charge in [-0.05, 0) is 14.0 Å². The van der Waals surface area contributed by atoms with Gasteiger partial charge in [0.15, 0.2) is 0 Å². The molecule has 0 aliphatic carbocycles. The van der Waals surface area contributed by atoms with Gasteiger partial charge in [0.2, 0.25) is 0 Å². The van der Waals surface area contributed by atoms with Crippen LogP contribution in [0.4, 0.5) is 0 Å². The van der Waals surface area contributed by atoms with Gasteiger partial charge in [-0.2, -0.15) is 0 Å². The first-order valence-corrected chi connectivity index (χ1v) is 16.0. The summed E-state index contributed by atoms with van der Waals surface area (Å²) in [6.45, 7) is -0.235. The molecular formula is H11BP8. The Bertz CT molecular complexity index is 79.3. The summed E-state index contributed by atoms with van der Waals surface area (Å²) in [6, 6.07) is 0. The molecule has 0 aliphatic heterocycles. The summed E-state index contributed by atoms with van der Waals surface area (Å²) in [6.07, 6.45) is 0. The molecule has 0 radical (unpaired) electrons. The van der Waals surface area contributed by atoms with E-state index >= 15 is 0 Å². The molecule has 0 N–H and O–H groups in total. The lowest BCUT2D eigenvalue weighted by Crippen LogP contribution is -1.40. The van der Waals surface area contributed by atoms with Crippen LogP contribution in [-0.2, 0) is 0 Å². The van der Waals surface area contributed by atoms with Crippen LogP contribution < -0.4 is 0 Å². The van der Waals surface area contributed by atoms with E-state index in [9.17, 15) is 0 Å². The zero-order valence-electron chi connectivity index (χ0n) is 6.10. The van der Waals surface area contributed by atoms with Crippen LogP contribution in [0.3, 0.4) is 0 Å². The highest BCUT2D eigenvalue weighted by Crippen LogP contribution is 2.95. The van der Waals surface area contributed by atoms with Crippen molar-refractivity contribution in [3.63, 3.8) is 0 Å². The third kappa shape index (κ3) is 7.85. The molecule has 0 aromatic carbocycles. The lowest BCUT2D eigenvalue weighted by Gasteiger charge is -2.17. The second-order valence-electron chi connectivity index (χ2n) is 1.36. The molecule has 0 heterocycles. The molecule has 0 aromatic rings. The van der Waals surface area contributed by atoms with E-state index in [4.69, 9.17) is 1.28 Å². The average molecular weight is 272 g/mol. The molecule has 7 unspecified atom stereocenters. The molecule has 7 atom stereocenters. The van der Waals surface area contributed by atoms with Crippen molar-refractivity contribution in [2.24, 2.45) is 0 Å². The predicted octanol–water partition coefficient (Wildman–Crippen LogP) is 3.56. The number of hydrogen-bond acceptors (Lipinski definition) is 0. The minimum absolute atomic E-state index is 0.0417. The summed E-state index contributed by atoms with van der Waals surface area (Å²) >= 11 is 0. The van der Waals surface area contributed by atoms with Crippen molar-refractivity contribution in [2.45, 2.75) is 0 Å². The first-order valence-electron chi connectivity index (χ1n) is 2.53. The average Bonchev–Trinajstić information content (AvgIpc) is 1.84. The largest absolute Gasteiger partial charge is 0.145 e. The van der Waals surface area contributed by atoms with Gasteiger partial charge in [0, 0.05) is 0 Å². The van der Waals surface area contributed by atoms with E-state index in [1.54, 1.807) is 0 Å². The summed E-state index contributed by atoms with van der Waals surface area (Å²) in [5, 5.41) is 0. The highest BCUT2D eigenvalue weighted by atomic mass is 33.0. The van der Waals surface area contributed by atoms with Crippen LogP contribution in [0.25, 0.3) is 0 Å². The molecule has 0 rings (SSSR count). The third-order valence-electron chi connectivity index (χ3n) is 0.518. The standard InChI is InChI=1S/BH11P8/c1-7(2)9(5)6-8(3)4/h6H,1-5H2/i6T. The molecular weight excluding hydrogens is 259 g/mol. The maximum Gasteiger partial charge on any atom is 0.145 e. The van der Waals surface area contributed by atoms with E-state index in [1.165, 1.54) is 0 Å². The fourth-order valence-corrected chi connectivity index (χ4v) is 34.6. The Labute approximate surface area is 73.8 Å². The first kappa shape index (κ1) is 10.6. The van der Waals surface area contributed by atoms with Crippen molar-refractivity contribution >= 4 is 72.3 Å². The Morgan fingerprint density at radius 2 is 1.78 bits per heavy atom. The summed E-state index contributed by atoms with van der Waals surface area (Å²) in [7, 11) is 13.0. The van der Waals surface area contributed by atoms with Gasteiger partial charge in [-0.25, -0.2) is 0 Å². The molecule has 0 bridgehead atoms. The molecule has 0 amide bonds. The molecule has 0 saturated heterocycles. The summed E-state index contributed by atoms with van der Waals surface area (Å²) < 4.78 is 7.83. The summed E-state index contributed by atoms with van der Waals surface area (Å²) in [4.78, 5) is 0. The van der Waals surface area contributed by atoms with Crippen LogP contribution >= 0.6 is 64.8 Å². The van der Waals surface area contributed by atoms with Crippen molar-refractivity contribution < 1.29 is 0 Å². The van der Waals surface area contributed by atoms with Crippen LogP contribution in [-0.4, -0.2) is 8.84 Å². The van der Waals surface area contributed by atoms with Crippen molar-refractivity contribution in [1.29, 1.82) is 1.28 Å². The van der Waals surface area contributed by atoms with Gasteiger partial charge in [-0.1, -0.05) is 15.1 Å². The minimum atomic E-state index is -0.464. The molecule has 0 saturated carbocycles. The maximum absolute atomic E-state index is 7.83. The van der Waals surface area contributed by atoms with Crippen molar-refractivity contribution in [1.82, 2.24) is 0 Å². The Hall–Kier alpha value is 3.50. The number of hydrogen-bond donors (Lipinski definition) is 0. The van der Waals surface area contributed by atoms with Crippen LogP contribution in [0.15, 0.2) is 0 Å². The molecule has 54 valence electrons. The van der Waals surface area contributed by atoms with Gasteiger partial charge in [-0.3, -0.25) is 0 Å². The smallest absolute Gasteiger partial charge is 0.116 e. The van der Waals surface area contributed by atoms with Crippen LogP contribution in [0.1, 0.15) is 0 Å². The lowest BCUT2D eigenvalue weighted by molar-refractivity contribution is 4.67. The third-order valence-corrected chi connectivity index (χ3v) is 30.9. The molecule has 9 heavy (non-hydrogen) atoms. The molecule has 0 fully saturated rings. The van der Waals surface area contributed by atoms with Gasteiger partial charge in [0.1, 0.15) is 7.57 Å². The van der Waals surface area contributed by atoms with Crippen LogP contribution in [0.2, 0.25) is 0 Å². The molecule has 0 aromatic heterocycles. The Balaban J connectivity index is 3.81. The molecule has 0 spiro atoms. The van der Waals surface area contributed by atoms with E-state index < -0.39 is 7.90 Å². The normalized spacial score (nSPS) is 23.0. The van der Waals surface area contributed by atoms with E-state index in [0.717, 1.165) is 0 Å². The van der Waals surface area contributed by atoms with Crippen LogP contribution in [0, 0.1) is 0 Å². The highest BCUT2D eigenvalue weighted by molar-refractivity contribution is 9.01. The Kier molecular flexibility index (Phi) is 8.19. The van der Waals surface area contributed by atoms with Crippen LogP contribution in [0.5, 0.6) is 0 Å². The summed E-state index contributed by atoms with van der Waals surface area (Å²) in [5.74, 6) is 0. The van der Waals surface area contributed by atoms with E-state index in [-0.39, 0.29) is 21.2 Å². The lowest BCUT2D eigenvalue weighted by atomic mass is 10.8. The van der Waals surface area contributed by atoms with Gasteiger partial charge in [0.05, 0.1) is 1.28 Å². The van der Waals surface area contributed by atoms with Gasteiger partial charge in [0.25, 0.3) is 0 Å². The molecule has 9 heteroatoms. The van der Waals surface area contributed by atoms with Gasteiger partial charge >= 0.3 is 0 Å². The van der Waals surface area contributed by atoms with E-state index in [2.05, 4.69) is 43.3 Å². The van der Waals surface area contributed by atoms with E-state index in [1.807, 2.05) is 0 Å². The highest BCUT2D eigenvalue weighted by Gasteiger charge is 2.07. The Morgan fingerprint density at radius 3 is 1.89 bits per heavy atom. The van der Waals surface area contributed by atoms with Crippen molar-refractivity contribution in [3.05, 3.63) is 0 Å². The molecule has 0 nitrogen and oxygen atoms in total. The SMILES string of the molecule is [3H]P(P(P)P)P(P)P(B)P. The second kappa shape index (κ2) is 6.96. The second-order valence-corrected chi connectivity index (χ2v) is 28.6. The van der Waals surface area contributed by atoms with Gasteiger partial charge < -0.3 is 0 Å². The quantitative estimate of drug-likeness (QED) is 0.544. The van der Waals surface area contributed by atoms with Crippen molar-refractivity contribution in [2.75, 3.05) is 0 Å². The minimum Gasteiger partial charge on any atom is -0.116 e. The predicted molar refractivity (Wildman–Crippen MR) is 76.5 cm³/mol. The first-order chi connectivity index (χ1) is 4.46. The topological polar surface area (TPSA) is 0 Å². The zero-order valence-corrected chi connectivity index (χ0v) is 13.3. The fraction of sp³-hybridized carbons (Fsp3) is 0. The zero-order chi connectivity index (χ0) is 8.31. The number of rotatable bonds is 3. The monoisotopic (exact) mass is 272 g/mol. The fourth-order valence-electron chi connectivity index (χ4n) is 0.169. The van der Waals surface area contributed by atoms with E-state index in [0.29, 0.717) is 0 Å². The summed E-state index contributed by atoms with van der Waals surface area (Å²) in [5.41, 5.74) is 0. The molecule has 0 aliphatic rings.